The molecule has 0 aromatic carbocycles. The fourth-order valence-corrected chi connectivity index (χ4v) is 2.56. The summed E-state index contributed by atoms with van der Waals surface area (Å²) in [6.45, 7) is 10.4. The van der Waals surface area contributed by atoms with Gasteiger partial charge in [-0.25, -0.2) is 4.79 Å². The van der Waals surface area contributed by atoms with Crippen molar-refractivity contribution in [3.05, 3.63) is 0 Å². The largest absolute Gasteiger partial charge is 0.444 e. The van der Waals surface area contributed by atoms with Crippen LogP contribution < -0.4 is 11.1 Å². The van der Waals surface area contributed by atoms with Gasteiger partial charge in [0, 0.05) is 18.6 Å². The molecule has 0 aliphatic carbocycles. The Morgan fingerprint density at radius 3 is 2.45 bits per heavy atom. The van der Waals surface area contributed by atoms with Crippen molar-refractivity contribution in [2.24, 2.45) is 11.7 Å². The summed E-state index contributed by atoms with van der Waals surface area (Å²) in [5.41, 5.74) is 4.67. The van der Waals surface area contributed by atoms with Crippen LogP contribution in [0.2, 0.25) is 0 Å². The number of primary amides is 1. The maximum Gasteiger partial charge on any atom is 0.410 e. The SMILES string of the molecule is C[C@@H]1CCN(C(=O)OC(C)(C)C)[C@@H](C)[C@H]1NCC(N)=O. The predicted molar refractivity (Wildman–Crippen MR) is 77.2 cm³/mol. The molecule has 1 heterocycles. The Morgan fingerprint density at radius 1 is 1.35 bits per heavy atom. The van der Waals surface area contributed by atoms with Crippen LogP contribution in [0.1, 0.15) is 41.0 Å². The van der Waals surface area contributed by atoms with E-state index < -0.39 is 11.5 Å². The molecule has 2 amide bonds. The Kier molecular flexibility index (Phi) is 5.39. The Balaban J connectivity index is 2.70. The third-order valence-corrected chi connectivity index (χ3v) is 3.59. The van der Waals surface area contributed by atoms with Crippen molar-refractivity contribution in [1.29, 1.82) is 0 Å². The van der Waals surface area contributed by atoms with Crippen LogP contribution in [-0.4, -0.2) is 47.7 Å². The van der Waals surface area contributed by atoms with Gasteiger partial charge in [-0.05, 0) is 40.0 Å². The smallest absolute Gasteiger partial charge is 0.410 e. The fraction of sp³-hybridized carbons (Fsp3) is 0.857. The van der Waals surface area contributed by atoms with Gasteiger partial charge >= 0.3 is 6.09 Å². The number of hydrogen-bond donors (Lipinski definition) is 2. The monoisotopic (exact) mass is 285 g/mol. The number of carbonyl (C=O) groups excluding carboxylic acids is 2. The van der Waals surface area contributed by atoms with Gasteiger partial charge in [-0.15, -0.1) is 0 Å². The number of piperidine rings is 1. The van der Waals surface area contributed by atoms with Gasteiger partial charge in [0.15, 0.2) is 0 Å². The molecule has 0 radical (unpaired) electrons. The molecule has 20 heavy (non-hydrogen) atoms. The van der Waals surface area contributed by atoms with Gasteiger partial charge in [-0.1, -0.05) is 6.92 Å². The molecule has 6 nitrogen and oxygen atoms in total. The molecule has 0 saturated carbocycles. The molecule has 0 bridgehead atoms. The van der Waals surface area contributed by atoms with E-state index in [1.807, 2.05) is 27.7 Å². The maximum atomic E-state index is 12.2. The molecule has 3 atom stereocenters. The number of carbonyl (C=O) groups is 2. The van der Waals surface area contributed by atoms with E-state index in [1.165, 1.54) is 0 Å². The first kappa shape index (κ1) is 16.8. The lowest BCUT2D eigenvalue weighted by Gasteiger charge is -2.43. The summed E-state index contributed by atoms with van der Waals surface area (Å²) < 4.78 is 5.42. The average Bonchev–Trinajstić information content (AvgIpc) is 2.25. The Bertz CT molecular complexity index is 365. The summed E-state index contributed by atoms with van der Waals surface area (Å²) >= 11 is 0. The van der Waals surface area contributed by atoms with E-state index in [0.29, 0.717) is 12.5 Å². The first-order valence-electron chi connectivity index (χ1n) is 7.13. The number of likely N-dealkylation sites (tertiary alicyclic amines) is 1. The van der Waals surface area contributed by atoms with Crippen LogP contribution in [0.4, 0.5) is 4.79 Å². The highest BCUT2D eigenvalue weighted by atomic mass is 16.6. The lowest BCUT2D eigenvalue weighted by molar-refractivity contribution is -0.117. The van der Waals surface area contributed by atoms with E-state index in [0.717, 1.165) is 6.42 Å². The van der Waals surface area contributed by atoms with E-state index >= 15 is 0 Å². The molecule has 0 spiro atoms. The highest BCUT2D eigenvalue weighted by Crippen LogP contribution is 2.24. The molecular weight excluding hydrogens is 258 g/mol. The van der Waals surface area contributed by atoms with E-state index in [9.17, 15) is 9.59 Å². The summed E-state index contributed by atoms with van der Waals surface area (Å²) in [5.74, 6) is -0.0122. The van der Waals surface area contributed by atoms with Crippen molar-refractivity contribution in [3.63, 3.8) is 0 Å². The highest BCUT2D eigenvalue weighted by Gasteiger charge is 2.37. The van der Waals surface area contributed by atoms with Gasteiger partial charge in [0.2, 0.25) is 5.91 Å². The molecule has 1 aliphatic heterocycles. The first-order valence-corrected chi connectivity index (χ1v) is 7.13. The fourth-order valence-electron chi connectivity index (χ4n) is 2.56. The van der Waals surface area contributed by atoms with Crippen LogP contribution in [0.5, 0.6) is 0 Å². The zero-order valence-electron chi connectivity index (χ0n) is 13.1. The first-order chi connectivity index (χ1) is 9.11. The maximum absolute atomic E-state index is 12.2. The second kappa shape index (κ2) is 6.43. The van der Waals surface area contributed by atoms with Crippen molar-refractivity contribution < 1.29 is 14.3 Å². The van der Waals surface area contributed by atoms with Crippen LogP contribution >= 0.6 is 0 Å². The van der Waals surface area contributed by atoms with Crippen molar-refractivity contribution in [3.8, 4) is 0 Å². The zero-order chi connectivity index (χ0) is 15.5. The zero-order valence-corrected chi connectivity index (χ0v) is 13.1. The minimum atomic E-state index is -0.504. The van der Waals surface area contributed by atoms with Crippen LogP contribution in [0.15, 0.2) is 0 Å². The summed E-state index contributed by atoms with van der Waals surface area (Å²) in [6, 6.07) is 0.0109. The predicted octanol–water partition coefficient (Wildman–Crippen LogP) is 1.10. The molecule has 0 aromatic heterocycles. The number of hydrogen-bond acceptors (Lipinski definition) is 4. The molecule has 1 saturated heterocycles. The molecule has 3 N–H and O–H groups in total. The molecule has 1 aliphatic rings. The standard InChI is InChI=1S/C14H27N3O3/c1-9-6-7-17(13(19)20-14(3,4)5)10(2)12(9)16-8-11(15)18/h9-10,12,16H,6-8H2,1-5H3,(H2,15,18)/t9-,10+,12+/m1/s1. The van der Waals surface area contributed by atoms with Crippen molar-refractivity contribution in [1.82, 2.24) is 10.2 Å². The summed E-state index contributed by atoms with van der Waals surface area (Å²) in [5, 5.41) is 3.14. The summed E-state index contributed by atoms with van der Waals surface area (Å²) in [7, 11) is 0. The normalized spacial score (nSPS) is 27.2. The molecule has 0 unspecified atom stereocenters. The van der Waals surface area contributed by atoms with Gasteiger partial charge in [0.05, 0.1) is 6.54 Å². The number of rotatable bonds is 3. The minimum absolute atomic E-state index is 0.0343. The van der Waals surface area contributed by atoms with Crippen molar-refractivity contribution in [2.75, 3.05) is 13.1 Å². The highest BCUT2D eigenvalue weighted by molar-refractivity contribution is 5.76. The minimum Gasteiger partial charge on any atom is -0.444 e. The third kappa shape index (κ3) is 4.67. The van der Waals surface area contributed by atoms with E-state index in [2.05, 4.69) is 12.2 Å². The van der Waals surface area contributed by atoms with Gasteiger partial charge in [0.1, 0.15) is 5.60 Å². The van der Waals surface area contributed by atoms with Crippen LogP contribution in [0.25, 0.3) is 0 Å². The molecule has 116 valence electrons. The number of nitrogens with two attached hydrogens (primary N) is 1. The summed E-state index contributed by atoms with van der Waals surface area (Å²) in [6.07, 6.45) is 0.572. The lowest BCUT2D eigenvalue weighted by Crippen LogP contribution is -2.59. The second-order valence-electron chi connectivity index (χ2n) is 6.55. The second-order valence-corrected chi connectivity index (χ2v) is 6.55. The van der Waals surface area contributed by atoms with Crippen LogP contribution in [-0.2, 0) is 9.53 Å². The van der Waals surface area contributed by atoms with Crippen LogP contribution in [0, 0.1) is 5.92 Å². The Labute approximate surface area is 121 Å². The van der Waals surface area contributed by atoms with E-state index in [1.54, 1.807) is 4.90 Å². The molecule has 1 rings (SSSR count). The molecule has 0 aromatic rings. The lowest BCUT2D eigenvalue weighted by atomic mass is 9.87. The number of nitrogens with one attached hydrogen (secondary N) is 1. The summed E-state index contributed by atoms with van der Waals surface area (Å²) in [4.78, 5) is 24.8. The number of nitrogens with zero attached hydrogens (tertiary/aromatic N) is 1. The quantitative estimate of drug-likeness (QED) is 0.813. The van der Waals surface area contributed by atoms with E-state index in [4.69, 9.17) is 10.5 Å². The molecule has 6 heteroatoms. The molecule has 1 fully saturated rings. The Hall–Kier alpha value is -1.30. The topological polar surface area (TPSA) is 84.7 Å². The number of amides is 2. The average molecular weight is 285 g/mol. The van der Waals surface area contributed by atoms with E-state index in [-0.39, 0.29) is 24.7 Å². The Morgan fingerprint density at radius 2 is 1.95 bits per heavy atom. The van der Waals surface area contributed by atoms with Gasteiger partial charge < -0.3 is 20.7 Å². The molecular formula is C14H27N3O3. The van der Waals surface area contributed by atoms with Crippen LogP contribution in [0.3, 0.4) is 0 Å². The van der Waals surface area contributed by atoms with Crippen molar-refractivity contribution in [2.45, 2.75) is 58.7 Å². The van der Waals surface area contributed by atoms with Gasteiger partial charge in [-0.2, -0.15) is 0 Å². The number of ether oxygens (including phenoxy) is 1. The van der Waals surface area contributed by atoms with Gasteiger partial charge in [-0.3, -0.25) is 4.79 Å². The third-order valence-electron chi connectivity index (χ3n) is 3.59. The van der Waals surface area contributed by atoms with Crippen molar-refractivity contribution >= 4 is 12.0 Å². The van der Waals surface area contributed by atoms with Gasteiger partial charge in [0.25, 0.3) is 0 Å².